The number of aryl methyl sites for hydroxylation is 1. The van der Waals surface area contributed by atoms with E-state index in [2.05, 4.69) is 68.0 Å². The van der Waals surface area contributed by atoms with E-state index in [0.717, 1.165) is 43.7 Å². The average molecular weight is 360 g/mol. The highest BCUT2D eigenvalue weighted by atomic mass is 79.9. The topological polar surface area (TPSA) is 19.4 Å². The maximum absolute atomic E-state index is 4.25. The fourth-order valence-corrected chi connectivity index (χ4v) is 3.35. The van der Waals surface area contributed by atoms with Gasteiger partial charge >= 0.3 is 0 Å². The van der Waals surface area contributed by atoms with Crippen LogP contribution in [0.15, 0.2) is 47.2 Å². The molecule has 0 atom stereocenters. The molecule has 0 radical (unpaired) electrons. The molecule has 0 unspecified atom stereocenters. The number of pyridine rings is 1. The highest BCUT2D eigenvalue weighted by Gasteiger charge is 2.17. The Morgan fingerprint density at radius 2 is 1.77 bits per heavy atom. The molecule has 22 heavy (non-hydrogen) atoms. The molecule has 0 aliphatic carbocycles. The minimum absolute atomic E-state index is 1.02. The van der Waals surface area contributed by atoms with Gasteiger partial charge in [-0.25, -0.2) is 0 Å². The first kappa shape index (κ1) is 15.7. The van der Waals surface area contributed by atoms with Gasteiger partial charge in [-0.2, -0.15) is 0 Å². The third-order valence-corrected chi connectivity index (χ3v) is 4.79. The number of nitrogens with zero attached hydrogens (tertiary/aromatic N) is 3. The molecule has 1 aromatic carbocycles. The average Bonchev–Trinajstić information content (AvgIpc) is 2.52. The van der Waals surface area contributed by atoms with Gasteiger partial charge in [-0.3, -0.25) is 14.8 Å². The van der Waals surface area contributed by atoms with Gasteiger partial charge in [-0.1, -0.05) is 28.1 Å². The van der Waals surface area contributed by atoms with Crippen molar-refractivity contribution in [1.29, 1.82) is 0 Å². The lowest BCUT2D eigenvalue weighted by atomic mass is 10.1. The van der Waals surface area contributed by atoms with Crippen LogP contribution in [0, 0.1) is 6.92 Å². The lowest BCUT2D eigenvalue weighted by Crippen LogP contribution is -2.45. The number of piperazine rings is 1. The monoisotopic (exact) mass is 359 g/mol. The summed E-state index contributed by atoms with van der Waals surface area (Å²) in [5, 5.41) is 0. The van der Waals surface area contributed by atoms with E-state index in [-0.39, 0.29) is 0 Å². The largest absolute Gasteiger partial charge is 0.297 e. The van der Waals surface area contributed by atoms with Crippen molar-refractivity contribution in [2.24, 2.45) is 0 Å². The standard InChI is InChI=1S/C18H22BrN3/c1-15-5-6-20-12-17(15)14-22-9-7-21(8-10-22)13-16-3-2-4-18(19)11-16/h2-6,11-12H,7-10,13-14H2,1H3. The number of hydrogen-bond donors (Lipinski definition) is 0. The Hall–Kier alpha value is -1.23. The van der Waals surface area contributed by atoms with Gasteiger partial charge in [0.25, 0.3) is 0 Å². The fraction of sp³-hybridized carbons (Fsp3) is 0.389. The molecule has 0 saturated carbocycles. The van der Waals surface area contributed by atoms with E-state index in [1.54, 1.807) is 0 Å². The second-order valence-electron chi connectivity index (χ2n) is 5.98. The van der Waals surface area contributed by atoms with Crippen LogP contribution in [0.25, 0.3) is 0 Å². The van der Waals surface area contributed by atoms with Crippen LogP contribution in [-0.4, -0.2) is 41.0 Å². The van der Waals surface area contributed by atoms with Crippen molar-refractivity contribution in [3.8, 4) is 0 Å². The van der Waals surface area contributed by atoms with E-state index in [0.29, 0.717) is 0 Å². The smallest absolute Gasteiger partial charge is 0.0315 e. The van der Waals surface area contributed by atoms with E-state index in [9.17, 15) is 0 Å². The zero-order valence-electron chi connectivity index (χ0n) is 13.0. The second-order valence-corrected chi connectivity index (χ2v) is 6.90. The zero-order chi connectivity index (χ0) is 15.4. The zero-order valence-corrected chi connectivity index (χ0v) is 14.6. The van der Waals surface area contributed by atoms with Gasteiger partial charge in [0.15, 0.2) is 0 Å². The number of rotatable bonds is 4. The predicted octanol–water partition coefficient (Wildman–Crippen LogP) is 3.47. The van der Waals surface area contributed by atoms with Crippen molar-refractivity contribution >= 4 is 15.9 Å². The molecule has 4 heteroatoms. The molecule has 0 amide bonds. The summed E-state index contributed by atoms with van der Waals surface area (Å²) in [6.07, 6.45) is 3.87. The summed E-state index contributed by atoms with van der Waals surface area (Å²) in [6.45, 7) is 8.74. The van der Waals surface area contributed by atoms with Crippen molar-refractivity contribution < 1.29 is 0 Å². The SMILES string of the molecule is Cc1ccncc1CN1CCN(Cc2cccc(Br)c2)CC1. The molecule has 3 nitrogen and oxygen atoms in total. The first-order valence-corrected chi connectivity index (χ1v) is 8.58. The molecule has 116 valence electrons. The summed E-state index contributed by atoms with van der Waals surface area (Å²) in [7, 11) is 0. The van der Waals surface area contributed by atoms with Crippen molar-refractivity contribution in [2.45, 2.75) is 20.0 Å². The van der Waals surface area contributed by atoms with Gasteiger partial charge in [0.05, 0.1) is 0 Å². The van der Waals surface area contributed by atoms with Gasteiger partial charge < -0.3 is 0 Å². The van der Waals surface area contributed by atoms with E-state index < -0.39 is 0 Å². The van der Waals surface area contributed by atoms with E-state index in [1.165, 1.54) is 16.7 Å². The van der Waals surface area contributed by atoms with Crippen LogP contribution >= 0.6 is 15.9 Å². The van der Waals surface area contributed by atoms with Crippen LogP contribution < -0.4 is 0 Å². The van der Waals surface area contributed by atoms with Crippen molar-refractivity contribution in [3.63, 3.8) is 0 Å². The molecule has 0 bridgehead atoms. The summed E-state index contributed by atoms with van der Waals surface area (Å²) < 4.78 is 1.16. The van der Waals surface area contributed by atoms with Crippen LogP contribution in [0.5, 0.6) is 0 Å². The third kappa shape index (κ3) is 4.15. The molecule has 0 N–H and O–H groups in total. The predicted molar refractivity (Wildman–Crippen MR) is 93.7 cm³/mol. The summed E-state index contributed by atoms with van der Waals surface area (Å²) in [5.41, 5.74) is 4.07. The highest BCUT2D eigenvalue weighted by molar-refractivity contribution is 9.10. The maximum Gasteiger partial charge on any atom is 0.0315 e. The van der Waals surface area contributed by atoms with Crippen molar-refractivity contribution in [3.05, 3.63) is 63.9 Å². The van der Waals surface area contributed by atoms with Gasteiger partial charge in [0.2, 0.25) is 0 Å². The molecule has 1 aromatic heterocycles. The molecule has 1 fully saturated rings. The van der Waals surface area contributed by atoms with Crippen LogP contribution in [0.1, 0.15) is 16.7 Å². The molecular formula is C18H22BrN3. The first-order chi connectivity index (χ1) is 10.7. The number of benzene rings is 1. The number of halogens is 1. The Morgan fingerprint density at radius 3 is 2.45 bits per heavy atom. The Labute approximate surface area is 141 Å². The molecular weight excluding hydrogens is 338 g/mol. The summed E-state index contributed by atoms with van der Waals surface area (Å²) in [6, 6.07) is 10.7. The summed E-state index contributed by atoms with van der Waals surface area (Å²) in [5.74, 6) is 0. The van der Waals surface area contributed by atoms with Crippen LogP contribution in [0.2, 0.25) is 0 Å². The number of aromatic nitrogens is 1. The molecule has 1 aliphatic rings. The lowest BCUT2D eigenvalue weighted by Gasteiger charge is -2.35. The van der Waals surface area contributed by atoms with Gasteiger partial charge in [-0.05, 0) is 41.8 Å². The van der Waals surface area contributed by atoms with E-state index >= 15 is 0 Å². The molecule has 1 saturated heterocycles. The fourth-order valence-electron chi connectivity index (χ4n) is 2.90. The Morgan fingerprint density at radius 1 is 1.05 bits per heavy atom. The van der Waals surface area contributed by atoms with Crippen LogP contribution in [-0.2, 0) is 13.1 Å². The molecule has 2 heterocycles. The maximum atomic E-state index is 4.25. The lowest BCUT2D eigenvalue weighted by molar-refractivity contribution is 0.122. The Kier molecular flexibility index (Phi) is 5.24. The van der Waals surface area contributed by atoms with Crippen molar-refractivity contribution in [1.82, 2.24) is 14.8 Å². The quantitative estimate of drug-likeness (QED) is 0.832. The molecule has 1 aliphatic heterocycles. The highest BCUT2D eigenvalue weighted by Crippen LogP contribution is 2.16. The van der Waals surface area contributed by atoms with Crippen molar-refractivity contribution in [2.75, 3.05) is 26.2 Å². The van der Waals surface area contributed by atoms with Gasteiger partial charge in [-0.15, -0.1) is 0 Å². The second kappa shape index (κ2) is 7.36. The minimum Gasteiger partial charge on any atom is -0.297 e. The number of hydrogen-bond acceptors (Lipinski definition) is 3. The third-order valence-electron chi connectivity index (χ3n) is 4.30. The minimum atomic E-state index is 1.02. The van der Waals surface area contributed by atoms with Gasteiger partial charge in [0.1, 0.15) is 0 Å². The first-order valence-electron chi connectivity index (χ1n) is 7.79. The summed E-state index contributed by atoms with van der Waals surface area (Å²) >= 11 is 3.55. The molecule has 0 spiro atoms. The van der Waals surface area contributed by atoms with Crippen LogP contribution in [0.4, 0.5) is 0 Å². The normalized spacial score (nSPS) is 16.8. The molecule has 3 rings (SSSR count). The summed E-state index contributed by atoms with van der Waals surface area (Å²) in [4.78, 5) is 9.31. The van der Waals surface area contributed by atoms with E-state index in [4.69, 9.17) is 0 Å². The van der Waals surface area contributed by atoms with Crippen LogP contribution in [0.3, 0.4) is 0 Å². The Balaban J connectivity index is 1.51. The van der Waals surface area contributed by atoms with Gasteiger partial charge in [0, 0.05) is 56.1 Å². The molecule has 2 aromatic rings. The Bertz CT molecular complexity index is 621. The van der Waals surface area contributed by atoms with E-state index in [1.807, 2.05) is 12.4 Å².